The van der Waals surface area contributed by atoms with Crippen molar-refractivity contribution in [2.75, 3.05) is 10.6 Å². The van der Waals surface area contributed by atoms with Crippen molar-refractivity contribution in [1.82, 2.24) is 4.98 Å². The molecular formula is C16H17N3O3S. The molecule has 2 heterocycles. The Morgan fingerprint density at radius 3 is 2.96 bits per heavy atom. The zero-order valence-corrected chi connectivity index (χ0v) is 13.9. The number of para-hydroxylation sites is 1. The first-order valence-electron chi connectivity index (χ1n) is 7.37. The molecule has 1 aliphatic heterocycles. The smallest absolute Gasteiger partial charge is 0.265 e. The second kappa shape index (κ2) is 6.00. The molecule has 1 aliphatic rings. The molecule has 1 atom stereocenters. The number of rotatable bonds is 3. The van der Waals surface area contributed by atoms with Crippen molar-refractivity contribution in [2.24, 2.45) is 0 Å². The summed E-state index contributed by atoms with van der Waals surface area (Å²) in [4.78, 5) is 29.7. The van der Waals surface area contributed by atoms with Crippen molar-refractivity contribution < 1.29 is 14.3 Å². The van der Waals surface area contributed by atoms with Crippen LogP contribution < -0.4 is 15.4 Å². The van der Waals surface area contributed by atoms with E-state index >= 15 is 0 Å². The van der Waals surface area contributed by atoms with Crippen molar-refractivity contribution >= 4 is 34.0 Å². The number of anilines is 2. The number of benzene rings is 1. The SMILES string of the molecule is CCc1nc(NC(=O)c2cccc3c2O[C@H](C)C(=O)N3)sc1C. The Bertz CT molecular complexity index is 785. The van der Waals surface area contributed by atoms with Crippen LogP contribution in [0.15, 0.2) is 18.2 Å². The van der Waals surface area contributed by atoms with Gasteiger partial charge in [0.15, 0.2) is 17.0 Å². The van der Waals surface area contributed by atoms with Gasteiger partial charge in [-0.05, 0) is 32.4 Å². The molecule has 23 heavy (non-hydrogen) atoms. The van der Waals surface area contributed by atoms with Crippen molar-refractivity contribution in [1.29, 1.82) is 0 Å². The van der Waals surface area contributed by atoms with Crippen LogP contribution in [-0.4, -0.2) is 22.9 Å². The van der Waals surface area contributed by atoms with Crippen LogP contribution in [0, 0.1) is 6.92 Å². The molecule has 120 valence electrons. The van der Waals surface area contributed by atoms with Crippen LogP contribution >= 0.6 is 11.3 Å². The van der Waals surface area contributed by atoms with Crippen molar-refractivity contribution in [3.8, 4) is 5.75 Å². The Balaban J connectivity index is 1.88. The van der Waals surface area contributed by atoms with Crippen LogP contribution in [0.3, 0.4) is 0 Å². The average Bonchev–Trinajstić information content (AvgIpc) is 2.87. The molecular weight excluding hydrogens is 314 g/mol. The van der Waals surface area contributed by atoms with E-state index in [9.17, 15) is 9.59 Å². The maximum Gasteiger partial charge on any atom is 0.265 e. The van der Waals surface area contributed by atoms with E-state index in [2.05, 4.69) is 15.6 Å². The van der Waals surface area contributed by atoms with Crippen LogP contribution in [0.4, 0.5) is 10.8 Å². The number of fused-ring (bicyclic) bond motifs is 1. The van der Waals surface area contributed by atoms with Gasteiger partial charge in [-0.2, -0.15) is 0 Å². The minimum absolute atomic E-state index is 0.224. The maximum atomic E-state index is 12.5. The molecule has 0 spiro atoms. The highest BCUT2D eigenvalue weighted by molar-refractivity contribution is 7.15. The first kappa shape index (κ1) is 15.5. The van der Waals surface area contributed by atoms with Gasteiger partial charge in [0.1, 0.15) is 0 Å². The third-order valence-electron chi connectivity index (χ3n) is 3.63. The van der Waals surface area contributed by atoms with E-state index in [4.69, 9.17) is 4.74 Å². The molecule has 0 saturated heterocycles. The number of ether oxygens (including phenoxy) is 1. The highest BCUT2D eigenvalue weighted by Crippen LogP contribution is 2.34. The van der Waals surface area contributed by atoms with Crippen LogP contribution in [0.2, 0.25) is 0 Å². The van der Waals surface area contributed by atoms with Crippen molar-refractivity contribution in [3.63, 3.8) is 0 Å². The van der Waals surface area contributed by atoms with E-state index in [1.165, 1.54) is 11.3 Å². The maximum absolute atomic E-state index is 12.5. The summed E-state index contributed by atoms with van der Waals surface area (Å²) < 4.78 is 5.59. The monoisotopic (exact) mass is 331 g/mol. The fourth-order valence-corrected chi connectivity index (χ4v) is 3.28. The second-order valence-corrected chi connectivity index (χ2v) is 6.46. The minimum Gasteiger partial charge on any atom is -0.478 e. The molecule has 2 amide bonds. The third-order valence-corrected chi connectivity index (χ3v) is 4.56. The Hall–Kier alpha value is -2.41. The van der Waals surface area contributed by atoms with Gasteiger partial charge < -0.3 is 10.1 Å². The summed E-state index contributed by atoms with van der Waals surface area (Å²) in [6, 6.07) is 5.08. The highest BCUT2D eigenvalue weighted by Gasteiger charge is 2.27. The number of thiazole rings is 1. The number of nitrogens with one attached hydrogen (secondary N) is 2. The highest BCUT2D eigenvalue weighted by atomic mass is 32.1. The van der Waals surface area contributed by atoms with Gasteiger partial charge in [-0.25, -0.2) is 4.98 Å². The zero-order chi connectivity index (χ0) is 16.6. The van der Waals surface area contributed by atoms with Gasteiger partial charge >= 0.3 is 0 Å². The summed E-state index contributed by atoms with van der Waals surface area (Å²) in [5.74, 6) is -0.138. The molecule has 0 aliphatic carbocycles. The molecule has 6 nitrogen and oxygen atoms in total. The molecule has 0 unspecified atom stereocenters. The van der Waals surface area contributed by atoms with E-state index in [0.29, 0.717) is 22.1 Å². The predicted molar refractivity (Wildman–Crippen MR) is 89.3 cm³/mol. The van der Waals surface area contributed by atoms with Crippen LogP contribution in [0.1, 0.15) is 34.8 Å². The summed E-state index contributed by atoms with van der Waals surface area (Å²) in [7, 11) is 0. The Morgan fingerprint density at radius 2 is 2.26 bits per heavy atom. The van der Waals surface area contributed by atoms with E-state index in [1.807, 2.05) is 13.8 Å². The van der Waals surface area contributed by atoms with E-state index < -0.39 is 6.10 Å². The van der Waals surface area contributed by atoms with Crippen molar-refractivity contribution in [3.05, 3.63) is 34.3 Å². The van der Waals surface area contributed by atoms with E-state index in [1.54, 1.807) is 25.1 Å². The average molecular weight is 331 g/mol. The Labute approximate surface area is 137 Å². The number of aromatic nitrogens is 1. The summed E-state index contributed by atoms with van der Waals surface area (Å²) in [5, 5.41) is 6.10. The molecule has 0 saturated carbocycles. The van der Waals surface area contributed by atoms with E-state index in [0.717, 1.165) is 17.0 Å². The number of carbonyl (C=O) groups excluding carboxylic acids is 2. The van der Waals surface area contributed by atoms with Crippen LogP contribution in [0.5, 0.6) is 5.75 Å². The lowest BCUT2D eigenvalue weighted by Crippen LogP contribution is -2.35. The van der Waals surface area contributed by atoms with Gasteiger partial charge in [0.2, 0.25) is 0 Å². The van der Waals surface area contributed by atoms with Gasteiger partial charge in [-0.15, -0.1) is 11.3 Å². The zero-order valence-electron chi connectivity index (χ0n) is 13.1. The molecule has 0 radical (unpaired) electrons. The first-order chi connectivity index (χ1) is 11.0. The number of nitrogens with zero attached hydrogens (tertiary/aromatic N) is 1. The number of amides is 2. The largest absolute Gasteiger partial charge is 0.478 e. The Morgan fingerprint density at radius 1 is 1.48 bits per heavy atom. The van der Waals surface area contributed by atoms with Gasteiger partial charge in [0.05, 0.1) is 16.9 Å². The molecule has 0 fully saturated rings. The molecule has 1 aromatic heterocycles. The van der Waals surface area contributed by atoms with Gasteiger partial charge in [0.25, 0.3) is 11.8 Å². The summed E-state index contributed by atoms with van der Waals surface area (Å²) >= 11 is 1.45. The van der Waals surface area contributed by atoms with Crippen LogP contribution in [0.25, 0.3) is 0 Å². The number of hydrogen-bond acceptors (Lipinski definition) is 5. The number of hydrogen-bond donors (Lipinski definition) is 2. The lowest BCUT2D eigenvalue weighted by molar-refractivity contribution is -0.122. The second-order valence-electron chi connectivity index (χ2n) is 5.26. The fourth-order valence-electron chi connectivity index (χ4n) is 2.38. The van der Waals surface area contributed by atoms with Gasteiger partial charge in [0, 0.05) is 4.88 Å². The fraction of sp³-hybridized carbons (Fsp3) is 0.312. The van der Waals surface area contributed by atoms with Crippen molar-refractivity contribution in [2.45, 2.75) is 33.3 Å². The summed E-state index contributed by atoms with van der Waals surface area (Å²) in [6.45, 7) is 5.65. The lowest BCUT2D eigenvalue weighted by atomic mass is 10.1. The predicted octanol–water partition coefficient (Wildman–Crippen LogP) is 2.99. The summed E-state index contributed by atoms with van der Waals surface area (Å²) in [6.07, 6.45) is 0.191. The molecule has 2 aromatic rings. The van der Waals surface area contributed by atoms with E-state index in [-0.39, 0.29) is 11.8 Å². The normalized spacial score (nSPS) is 16.3. The topological polar surface area (TPSA) is 80.3 Å². The third kappa shape index (κ3) is 2.92. The van der Waals surface area contributed by atoms with Crippen LogP contribution in [-0.2, 0) is 11.2 Å². The van der Waals surface area contributed by atoms with Gasteiger partial charge in [-0.1, -0.05) is 13.0 Å². The quantitative estimate of drug-likeness (QED) is 0.906. The number of carbonyl (C=O) groups is 2. The molecule has 0 bridgehead atoms. The molecule has 2 N–H and O–H groups in total. The molecule has 3 rings (SSSR count). The standard InChI is InChI=1S/C16H17N3O3S/c1-4-11-9(3)23-16(18-11)19-15(21)10-6-5-7-12-13(10)22-8(2)14(20)17-12/h5-8H,4H2,1-3H3,(H,17,20)(H,18,19,21)/t8-/m1/s1. The molecule has 1 aromatic carbocycles. The van der Waals surface area contributed by atoms with Gasteiger partial charge in [-0.3, -0.25) is 14.9 Å². The first-order valence-corrected chi connectivity index (χ1v) is 8.19. The number of aryl methyl sites for hydroxylation is 2. The molecule has 7 heteroatoms. The lowest BCUT2D eigenvalue weighted by Gasteiger charge is -2.24. The minimum atomic E-state index is -0.634. The Kier molecular flexibility index (Phi) is 4.04. The summed E-state index contributed by atoms with van der Waals surface area (Å²) in [5.41, 5.74) is 1.86.